The maximum Gasteiger partial charge on any atom is 0.303 e. The van der Waals surface area contributed by atoms with Crippen molar-refractivity contribution in [2.45, 2.75) is 69.8 Å². The summed E-state index contributed by atoms with van der Waals surface area (Å²) in [6.07, 6.45) is 6.00. The molecule has 57 heavy (non-hydrogen) atoms. The van der Waals surface area contributed by atoms with Crippen LogP contribution >= 0.6 is 11.6 Å². The van der Waals surface area contributed by atoms with E-state index in [9.17, 15) is 15.0 Å². The summed E-state index contributed by atoms with van der Waals surface area (Å²) < 4.78 is 24.7. The highest BCUT2D eigenvalue weighted by molar-refractivity contribution is 6.36. The van der Waals surface area contributed by atoms with Gasteiger partial charge in [0.25, 0.3) is 0 Å². The van der Waals surface area contributed by atoms with Gasteiger partial charge in [0.1, 0.15) is 5.75 Å². The fourth-order valence-corrected chi connectivity index (χ4v) is 8.79. The number of carboxylic acid groups (broad SMARTS) is 1. The SMILES string of the molecule is COc1cc(-n2ncc3c(-c4cccc(-c5ccc(CN(C)C6CCC(CC(=O)O)CC6)c(OC)n5)c4Cl)cccc32)nc(OC)c1CN(C)[C@@H]1CCOC[C@@H]1O. The highest BCUT2D eigenvalue weighted by Crippen LogP contribution is 2.41. The molecule has 1 aliphatic carbocycles. The minimum absolute atomic E-state index is 0.0639. The number of ether oxygens (including phenoxy) is 4. The highest BCUT2D eigenvalue weighted by Gasteiger charge is 2.30. The van der Waals surface area contributed by atoms with E-state index < -0.39 is 12.1 Å². The molecule has 4 heterocycles. The monoisotopic (exact) mass is 798 g/mol. The van der Waals surface area contributed by atoms with Crippen molar-refractivity contribution >= 4 is 28.5 Å². The summed E-state index contributed by atoms with van der Waals surface area (Å²) in [6, 6.07) is 18.1. The van der Waals surface area contributed by atoms with Crippen molar-refractivity contribution < 1.29 is 34.0 Å². The summed E-state index contributed by atoms with van der Waals surface area (Å²) in [5.74, 6) is 1.62. The van der Waals surface area contributed by atoms with E-state index in [2.05, 4.69) is 22.9 Å². The first-order valence-electron chi connectivity index (χ1n) is 19.4. The van der Waals surface area contributed by atoms with Crippen LogP contribution in [0.1, 0.15) is 49.7 Å². The fourth-order valence-electron chi connectivity index (χ4n) is 8.47. The molecule has 14 heteroatoms. The number of likely N-dealkylation sites (N-methyl/N-ethyl adjacent to an activating group) is 1. The van der Waals surface area contributed by atoms with Gasteiger partial charge in [-0.25, -0.2) is 9.67 Å². The van der Waals surface area contributed by atoms with E-state index in [0.717, 1.165) is 70.8 Å². The third-order valence-corrected chi connectivity index (χ3v) is 12.0. The molecule has 13 nitrogen and oxygen atoms in total. The Morgan fingerprint density at radius 3 is 2.35 bits per heavy atom. The Morgan fingerprint density at radius 2 is 1.63 bits per heavy atom. The highest BCUT2D eigenvalue weighted by atomic mass is 35.5. The number of carboxylic acids is 1. The van der Waals surface area contributed by atoms with Gasteiger partial charge < -0.3 is 29.2 Å². The largest absolute Gasteiger partial charge is 0.496 e. The number of fused-ring (bicyclic) bond motifs is 1. The number of aliphatic hydroxyl groups excluding tert-OH is 1. The molecule has 3 aromatic heterocycles. The van der Waals surface area contributed by atoms with Crippen molar-refractivity contribution in [2.24, 2.45) is 5.92 Å². The zero-order valence-electron chi connectivity index (χ0n) is 33.2. The van der Waals surface area contributed by atoms with E-state index in [1.165, 1.54) is 0 Å². The Morgan fingerprint density at radius 1 is 0.895 bits per heavy atom. The second-order valence-electron chi connectivity index (χ2n) is 15.1. The predicted octanol–water partition coefficient (Wildman–Crippen LogP) is 6.88. The molecule has 2 N–H and O–H groups in total. The van der Waals surface area contributed by atoms with Gasteiger partial charge in [-0.3, -0.25) is 14.6 Å². The number of aromatic nitrogens is 4. The Kier molecular flexibility index (Phi) is 12.6. The van der Waals surface area contributed by atoms with Gasteiger partial charge in [0.15, 0.2) is 5.82 Å². The maximum absolute atomic E-state index is 11.2. The molecule has 0 unspecified atom stereocenters. The van der Waals surface area contributed by atoms with Crippen molar-refractivity contribution in [3.8, 4) is 45.7 Å². The van der Waals surface area contributed by atoms with E-state index in [-0.39, 0.29) is 18.4 Å². The molecule has 1 saturated heterocycles. The third-order valence-electron chi connectivity index (χ3n) is 11.6. The van der Waals surface area contributed by atoms with Gasteiger partial charge >= 0.3 is 5.97 Å². The number of nitrogens with zero attached hydrogens (tertiary/aromatic N) is 6. The van der Waals surface area contributed by atoms with Crippen LogP contribution in [0.3, 0.4) is 0 Å². The van der Waals surface area contributed by atoms with Crippen LogP contribution < -0.4 is 14.2 Å². The summed E-state index contributed by atoms with van der Waals surface area (Å²) >= 11 is 7.24. The van der Waals surface area contributed by atoms with Crippen molar-refractivity contribution in [3.05, 3.63) is 76.9 Å². The van der Waals surface area contributed by atoms with Gasteiger partial charge in [-0.1, -0.05) is 48.0 Å². The van der Waals surface area contributed by atoms with Crippen LogP contribution in [0.2, 0.25) is 5.02 Å². The Bertz CT molecular complexity index is 2180. The lowest BCUT2D eigenvalue weighted by molar-refractivity contribution is -0.138. The summed E-state index contributed by atoms with van der Waals surface area (Å²) in [6.45, 7) is 2.03. The van der Waals surface area contributed by atoms with Gasteiger partial charge in [0, 0.05) is 66.3 Å². The van der Waals surface area contributed by atoms with Gasteiger partial charge in [-0.05, 0) is 69.8 Å². The quantitative estimate of drug-likeness (QED) is 0.121. The molecular formula is C43H51ClN6O7. The number of hydrogen-bond donors (Lipinski definition) is 2. The average molecular weight is 799 g/mol. The van der Waals surface area contributed by atoms with Gasteiger partial charge in [0.2, 0.25) is 11.8 Å². The summed E-state index contributed by atoms with van der Waals surface area (Å²) in [4.78, 5) is 25.4. The predicted molar refractivity (Wildman–Crippen MR) is 218 cm³/mol. The molecule has 2 atom stereocenters. The standard InChI is InChI=1S/C43H51ClN6O7/c1-48(28-15-12-26(13-16-28)20-40(52)53)23-27-14-17-34(46-42(27)55-4)31-10-6-9-30(41(31)44)29-8-7-11-35-32(29)22-45-50(35)39-21-38(54-3)33(43(47-39)56-5)24-49(2)36-18-19-57-25-37(36)51/h6-11,14,17,21-22,26,28,36-37,51H,12-13,15-16,18-20,23-25H2,1-5H3,(H,52,53)/t26?,28?,36-,37+/m1/s1. The minimum Gasteiger partial charge on any atom is -0.496 e. The van der Waals surface area contributed by atoms with Gasteiger partial charge in [-0.15, -0.1) is 0 Å². The molecule has 0 spiro atoms. The van der Waals surface area contributed by atoms with Crippen LogP contribution in [-0.4, -0.2) is 113 Å². The number of methoxy groups -OCH3 is 3. The number of aliphatic carboxylic acids is 1. The van der Waals surface area contributed by atoms with Crippen molar-refractivity contribution in [2.75, 3.05) is 48.6 Å². The van der Waals surface area contributed by atoms with Gasteiger partial charge in [0.05, 0.1) is 62.0 Å². The Hall–Kier alpha value is -4.79. The summed E-state index contributed by atoms with van der Waals surface area (Å²) in [5, 5.41) is 26.0. The van der Waals surface area contributed by atoms with Gasteiger partial charge in [-0.2, -0.15) is 10.1 Å². The molecule has 2 aromatic carbocycles. The number of aliphatic hydroxyl groups is 1. The zero-order valence-corrected chi connectivity index (χ0v) is 33.9. The van der Waals surface area contributed by atoms with Crippen molar-refractivity contribution in [3.63, 3.8) is 0 Å². The molecule has 0 amide bonds. The van der Waals surface area contributed by atoms with Crippen LogP contribution in [0.5, 0.6) is 17.5 Å². The van der Waals surface area contributed by atoms with Crippen LogP contribution in [-0.2, 0) is 22.6 Å². The zero-order chi connectivity index (χ0) is 40.2. The normalized spacial score (nSPS) is 19.9. The van der Waals surface area contributed by atoms with E-state index >= 15 is 0 Å². The molecule has 0 bridgehead atoms. The average Bonchev–Trinajstić information content (AvgIpc) is 3.66. The molecule has 302 valence electrons. The molecule has 0 radical (unpaired) electrons. The lowest BCUT2D eigenvalue weighted by atomic mass is 9.83. The summed E-state index contributed by atoms with van der Waals surface area (Å²) in [7, 11) is 8.92. The molecule has 7 rings (SSSR count). The second kappa shape index (κ2) is 17.8. The Balaban J connectivity index is 1.14. The molecule has 2 fully saturated rings. The molecule has 1 aliphatic heterocycles. The van der Waals surface area contributed by atoms with E-state index in [0.29, 0.717) is 66.4 Å². The summed E-state index contributed by atoms with van der Waals surface area (Å²) in [5.41, 5.74) is 5.78. The van der Waals surface area contributed by atoms with Crippen LogP contribution in [0.25, 0.3) is 39.1 Å². The van der Waals surface area contributed by atoms with Crippen molar-refractivity contribution in [1.29, 1.82) is 0 Å². The first-order valence-corrected chi connectivity index (χ1v) is 19.8. The molecular weight excluding hydrogens is 748 g/mol. The first kappa shape index (κ1) is 40.4. The number of pyridine rings is 2. The van der Waals surface area contributed by atoms with Crippen LogP contribution in [0, 0.1) is 5.92 Å². The number of halogens is 1. The minimum atomic E-state index is -0.715. The molecule has 1 saturated carbocycles. The fraction of sp³-hybridized carbons (Fsp3) is 0.442. The molecule has 2 aliphatic rings. The number of hydrogen-bond acceptors (Lipinski definition) is 11. The Labute approximate surface area is 338 Å². The topological polar surface area (TPSA) is 145 Å². The lowest BCUT2D eigenvalue weighted by Crippen LogP contribution is -2.47. The number of carbonyl (C=O) groups is 1. The number of rotatable bonds is 14. The smallest absolute Gasteiger partial charge is 0.303 e. The van der Waals surface area contributed by atoms with Crippen LogP contribution in [0.4, 0.5) is 0 Å². The lowest BCUT2D eigenvalue weighted by Gasteiger charge is -2.35. The first-order chi connectivity index (χ1) is 27.6. The van der Waals surface area contributed by atoms with Crippen LogP contribution in [0.15, 0.2) is 60.8 Å². The second-order valence-corrected chi connectivity index (χ2v) is 15.5. The van der Waals surface area contributed by atoms with E-state index in [1.807, 2.05) is 61.8 Å². The molecule has 5 aromatic rings. The maximum atomic E-state index is 11.2. The third kappa shape index (κ3) is 8.58. The van der Waals surface area contributed by atoms with E-state index in [1.54, 1.807) is 26.0 Å². The van der Waals surface area contributed by atoms with Crippen molar-refractivity contribution in [1.82, 2.24) is 29.5 Å². The van der Waals surface area contributed by atoms with E-state index in [4.69, 9.17) is 45.6 Å². The number of benzene rings is 2.